The first kappa shape index (κ1) is 17.1. The zero-order valence-electron chi connectivity index (χ0n) is 14.4. The van der Waals surface area contributed by atoms with Crippen LogP contribution in [0.3, 0.4) is 0 Å². The fourth-order valence-electron chi connectivity index (χ4n) is 2.84. The minimum absolute atomic E-state index is 0.122. The van der Waals surface area contributed by atoms with E-state index in [9.17, 15) is 14.4 Å². The zero-order valence-corrected chi connectivity index (χ0v) is 15.2. The summed E-state index contributed by atoms with van der Waals surface area (Å²) in [4.78, 5) is 49.5. The minimum Gasteiger partial charge on any atom is -0.337 e. The summed E-state index contributed by atoms with van der Waals surface area (Å²) in [5.41, 5.74) is 1.28. The lowest BCUT2D eigenvalue weighted by molar-refractivity contribution is -0.131. The maximum absolute atomic E-state index is 12.6. The van der Waals surface area contributed by atoms with E-state index in [1.54, 1.807) is 36.7 Å². The van der Waals surface area contributed by atoms with Gasteiger partial charge in [0, 0.05) is 7.05 Å². The van der Waals surface area contributed by atoms with Crippen LogP contribution in [0.25, 0.3) is 21.3 Å². The number of H-pyrrole nitrogens is 1. The molecule has 0 saturated carbocycles. The van der Waals surface area contributed by atoms with Gasteiger partial charge in [-0.05, 0) is 23.6 Å². The minimum atomic E-state index is -0.346. The molecule has 9 heteroatoms. The molecule has 0 spiro atoms. The third kappa shape index (κ3) is 3.24. The number of rotatable bonds is 4. The Bertz CT molecular complexity index is 1270. The van der Waals surface area contributed by atoms with Crippen LogP contribution in [0.15, 0.2) is 51.5 Å². The van der Waals surface area contributed by atoms with E-state index in [0.717, 1.165) is 0 Å². The predicted octanol–water partition coefficient (Wildman–Crippen LogP) is 1.35. The highest BCUT2D eigenvalue weighted by molar-refractivity contribution is 7.17. The summed E-state index contributed by atoms with van der Waals surface area (Å²) >= 11 is 1.32. The molecule has 0 aliphatic carbocycles. The van der Waals surface area contributed by atoms with Crippen LogP contribution < -0.4 is 11.1 Å². The van der Waals surface area contributed by atoms with Crippen LogP contribution in [0.4, 0.5) is 0 Å². The van der Waals surface area contributed by atoms with Crippen LogP contribution in [0.1, 0.15) is 5.82 Å². The molecule has 4 aromatic rings. The largest absolute Gasteiger partial charge is 0.337 e. The van der Waals surface area contributed by atoms with Gasteiger partial charge in [0.15, 0.2) is 0 Å². The molecule has 3 heterocycles. The SMILES string of the molecule is CN(Cc1nc2ccsc2c(=O)[nH]1)C(=O)Cn1c(=O)cnc2ccccc21. The maximum Gasteiger partial charge on any atom is 0.269 e. The Labute approximate surface area is 156 Å². The maximum atomic E-state index is 12.6. The molecule has 0 radical (unpaired) electrons. The number of likely N-dealkylation sites (N-methyl/N-ethyl adjacent to an activating group) is 1. The fourth-order valence-corrected chi connectivity index (χ4v) is 3.57. The van der Waals surface area contributed by atoms with Gasteiger partial charge in [0.1, 0.15) is 17.1 Å². The van der Waals surface area contributed by atoms with Crippen molar-refractivity contribution in [3.8, 4) is 0 Å². The van der Waals surface area contributed by atoms with Gasteiger partial charge in [-0.15, -0.1) is 11.3 Å². The Balaban J connectivity index is 1.59. The lowest BCUT2D eigenvalue weighted by atomic mass is 10.3. The molecule has 0 aliphatic rings. The number of hydrogen-bond acceptors (Lipinski definition) is 6. The zero-order chi connectivity index (χ0) is 19.0. The number of fused-ring (bicyclic) bond motifs is 2. The number of thiophene rings is 1. The normalized spacial score (nSPS) is 11.1. The number of para-hydroxylation sites is 2. The van der Waals surface area contributed by atoms with Crippen LogP contribution in [0.5, 0.6) is 0 Å². The molecule has 0 aliphatic heterocycles. The summed E-state index contributed by atoms with van der Waals surface area (Å²) < 4.78 is 1.95. The van der Waals surface area contributed by atoms with Crippen molar-refractivity contribution in [1.82, 2.24) is 24.4 Å². The Morgan fingerprint density at radius 2 is 2.04 bits per heavy atom. The highest BCUT2D eigenvalue weighted by Crippen LogP contribution is 2.14. The van der Waals surface area contributed by atoms with Gasteiger partial charge in [-0.2, -0.15) is 0 Å². The van der Waals surface area contributed by atoms with Gasteiger partial charge in [-0.25, -0.2) is 9.97 Å². The molecule has 8 nitrogen and oxygen atoms in total. The Hall–Kier alpha value is -3.33. The number of nitrogens with one attached hydrogen (secondary N) is 1. The summed E-state index contributed by atoms with van der Waals surface area (Å²) in [5.74, 6) is 0.121. The standard InChI is InChI=1S/C18H15N5O3S/c1-22(9-14-20-12-6-7-27-17(12)18(26)21-14)16(25)10-23-13-5-3-2-4-11(13)19-8-15(23)24/h2-8H,9-10H2,1H3,(H,20,21,26). The number of nitrogens with zero attached hydrogens (tertiary/aromatic N) is 4. The van der Waals surface area contributed by atoms with Crippen LogP contribution in [0, 0.1) is 0 Å². The van der Waals surface area contributed by atoms with Crippen LogP contribution >= 0.6 is 11.3 Å². The molecule has 3 aromatic heterocycles. The molecule has 1 N–H and O–H groups in total. The molecule has 0 bridgehead atoms. The van der Waals surface area contributed by atoms with E-state index in [1.165, 1.54) is 27.0 Å². The summed E-state index contributed by atoms with van der Waals surface area (Å²) in [5, 5.41) is 1.80. The topological polar surface area (TPSA) is 101 Å². The Kier molecular flexibility index (Phi) is 4.28. The number of carbonyl (C=O) groups excluding carboxylic acids is 1. The molecule has 1 amide bonds. The lowest BCUT2D eigenvalue weighted by Crippen LogP contribution is -2.34. The number of benzene rings is 1. The van der Waals surface area contributed by atoms with Gasteiger partial charge < -0.3 is 9.88 Å². The van der Waals surface area contributed by atoms with Crippen LogP contribution in [0.2, 0.25) is 0 Å². The van der Waals surface area contributed by atoms with Crippen molar-refractivity contribution < 1.29 is 4.79 Å². The van der Waals surface area contributed by atoms with Crippen molar-refractivity contribution in [2.45, 2.75) is 13.1 Å². The van der Waals surface area contributed by atoms with Crippen LogP contribution in [-0.2, 0) is 17.9 Å². The number of hydrogen-bond donors (Lipinski definition) is 1. The van der Waals surface area contributed by atoms with E-state index < -0.39 is 0 Å². The first-order valence-electron chi connectivity index (χ1n) is 8.18. The van der Waals surface area contributed by atoms with Crippen LogP contribution in [-0.4, -0.2) is 37.4 Å². The molecule has 1 aromatic carbocycles. The molecule has 4 rings (SSSR count). The third-order valence-electron chi connectivity index (χ3n) is 4.22. The quantitative estimate of drug-likeness (QED) is 0.575. The molecular weight excluding hydrogens is 366 g/mol. The summed E-state index contributed by atoms with van der Waals surface area (Å²) in [6, 6.07) is 8.91. The second-order valence-electron chi connectivity index (χ2n) is 6.07. The molecule has 0 atom stereocenters. The second kappa shape index (κ2) is 6.76. The molecule has 0 saturated heterocycles. The van der Waals surface area contributed by atoms with Crippen molar-refractivity contribution in [3.05, 3.63) is 68.4 Å². The van der Waals surface area contributed by atoms with Gasteiger partial charge in [0.25, 0.3) is 11.1 Å². The monoisotopic (exact) mass is 381 g/mol. The number of carbonyl (C=O) groups is 1. The average Bonchev–Trinajstić information content (AvgIpc) is 3.13. The fraction of sp³-hybridized carbons (Fsp3) is 0.167. The molecule has 0 fully saturated rings. The highest BCUT2D eigenvalue weighted by Gasteiger charge is 2.15. The molecule has 0 unspecified atom stereocenters. The van der Waals surface area contributed by atoms with Crippen molar-refractivity contribution in [2.24, 2.45) is 0 Å². The van der Waals surface area contributed by atoms with Gasteiger partial charge in [0.2, 0.25) is 5.91 Å². The van der Waals surface area contributed by atoms with Crippen molar-refractivity contribution >= 4 is 38.5 Å². The van der Waals surface area contributed by atoms with Crippen molar-refractivity contribution in [2.75, 3.05) is 7.05 Å². The van der Waals surface area contributed by atoms with E-state index in [0.29, 0.717) is 27.1 Å². The summed E-state index contributed by atoms with van der Waals surface area (Å²) in [6.07, 6.45) is 1.21. The lowest BCUT2D eigenvalue weighted by Gasteiger charge is -2.18. The van der Waals surface area contributed by atoms with E-state index >= 15 is 0 Å². The third-order valence-corrected chi connectivity index (χ3v) is 5.13. The van der Waals surface area contributed by atoms with Gasteiger partial charge in [-0.1, -0.05) is 12.1 Å². The van der Waals surface area contributed by atoms with Crippen molar-refractivity contribution in [1.29, 1.82) is 0 Å². The van der Waals surface area contributed by atoms with Gasteiger partial charge >= 0.3 is 0 Å². The van der Waals surface area contributed by atoms with E-state index in [4.69, 9.17) is 0 Å². The Morgan fingerprint density at radius 1 is 1.22 bits per heavy atom. The van der Waals surface area contributed by atoms with E-state index in [2.05, 4.69) is 15.0 Å². The van der Waals surface area contributed by atoms with E-state index in [-0.39, 0.29) is 30.1 Å². The smallest absolute Gasteiger partial charge is 0.269 e. The number of aromatic nitrogens is 4. The first-order valence-corrected chi connectivity index (χ1v) is 9.06. The summed E-state index contributed by atoms with van der Waals surface area (Å²) in [6.45, 7) is 0.0148. The number of amides is 1. The predicted molar refractivity (Wildman–Crippen MR) is 103 cm³/mol. The Morgan fingerprint density at radius 3 is 2.89 bits per heavy atom. The molecule has 136 valence electrons. The first-order chi connectivity index (χ1) is 13.0. The molecular formula is C18H15N5O3S. The van der Waals surface area contributed by atoms with Gasteiger partial charge in [-0.3, -0.25) is 19.0 Å². The molecule has 27 heavy (non-hydrogen) atoms. The second-order valence-corrected chi connectivity index (χ2v) is 6.98. The number of aromatic amines is 1. The summed E-state index contributed by atoms with van der Waals surface area (Å²) in [7, 11) is 1.61. The average molecular weight is 381 g/mol. The van der Waals surface area contributed by atoms with Gasteiger partial charge in [0.05, 0.1) is 29.3 Å². The van der Waals surface area contributed by atoms with Crippen molar-refractivity contribution in [3.63, 3.8) is 0 Å². The highest BCUT2D eigenvalue weighted by atomic mass is 32.1. The van der Waals surface area contributed by atoms with E-state index in [1.807, 2.05) is 6.07 Å².